The standard InChI is InChI=1S/C16H18FN3O2/c17-12-4-1-3-11(9-12)6-8-19-15(21)14-10-22-16(20-14)13-5-2-7-18-13/h1,3-4,9-10,13,18H,2,5-8H2,(H,19,21). The van der Waals surface area contributed by atoms with Gasteiger partial charge < -0.3 is 15.1 Å². The Labute approximate surface area is 127 Å². The van der Waals surface area contributed by atoms with Crippen LogP contribution in [0.1, 0.15) is 40.8 Å². The van der Waals surface area contributed by atoms with Crippen molar-refractivity contribution in [1.29, 1.82) is 0 Å². The van der Waals surface area contributed by atoms with Crippen LogP contribution in [0.5, 0.6) is 0 Å². The topological polar surface area (TPSA) is 67.2 Å². The van der Waals surface area contributed by atoms with Crippen LogP contribution in [0.3, 0.4) is 0 Å². The molecule has 22 heavy (non-hydrogen) atoms. The third kappa shape index (κ3) is 3.51. The van der Waals surface area contributed by atoms with Crippen LogP contribution in [0.4, 0.5) is 4.39 Å². The number of nitrogens with zero attached hydrogens (tertiary/aromatic N) is 1. The summed E-state index contributed by atoms with van der Waals surface area (Å²) in [4.78, 5) is 16.2. The summed E-state index contributed by atoms with van der Waals surface area (Å²) in [5.74, 6) is 0.0196. The minimum absolute atomic E-state index is 0.105. The zero-order chi connectivity index (χ0) is 15.4. The number of oxazole rings is 1. The molecule has 0 spiro atoms. The van der Waals surface area contributed by atoms with Crippen LogP contribution in [0.2, 0.25) is 0 Å². The predicted octanol–water partition coefficient (Wildman–Crippen LogP) is 2.21. The van der Waals surface area contributed by atoms with Crippen molar-refractivity contribution in [3.8, 4) is 0 Å². The molecule has 1 fully saturated rings. The number of nitrogens with one attached hydrogen (secondary N) is 2. The molecule has 0 bridgehead atoms. The highest BCUT2D eigenvalue weighted by atomic mass is 19.1. The van der Waals surface area contributed by atoms with E-state index in [0.717, 1.165) is 24.9 Å². The molecular formula is C16H18FN3O2. The number of hydrogen-bond acceptors (Lipinski definition) is 4. The number of hydrogen-bond donors (Lipinski definition) is 2. The number of halogens is 1. The molecule has 1 saturated heterocycles. The monoisotopic (exact) mass is 303 g/mol. The summed E-state index contributed by atoms with van der Waals surface area (Å²) in [6, 6.07) is 6.46. The second-order valence-corrected chi connectivity index (χ2v) is 5.36. The van der Waals surface area contributed by atoms with Gasteiger partial charge >= 0.3 is 0 Å². The molecular weight excluding hydrogens is 285 g/mol. The van der Waals surface area contributed by atoms with E-state index in [-0.39, 0.29) is 23.5 Å². The molecule has 116 valence electrons. The van der Waals surface area contributed by atoms with Gasteiger partial charge in [0.25, 0.3) is 5.91 Å². The summed E-state index contributed by atoms with van der Waals surface area (Å²) < 4.78 is 18.4. The van der Waals surface area contributed by atoms with Gasteiger partial charge in [0.15, 0.2) is 5.69 Å². The predicted molar refractivity (Wildman–Crippen MR) is 78.9 cm³/mol. The van der Waals surface area contributed by atoms with E-state index in [4.69, 9.17) is 4.42 Å². The van der Waals surface area contributed by atoms with Gasteiger partial charge in [-0.15, -0.1) is 0 Å². The minimum Gasteiger partial charge on any atom is -0.446 e. The maximum absolute atomic E-state index is 13.1. The quantitative estimate of drug-likeness (QED) is 0.888. The van der Waals surface area contributed by atoms with Crippen LogP contribution in [-0.2, 0) is 6.42 Å². The van der Waals surface area contributed by atoms with E-state index in [1.807, 2.05) is 6.07 Å². The highest BCUT2D eigenvalue weighted by Gasteiger charge is 2.22. The molecule has 2 N–H and O–H groups in total. The molecule has 1 aromatic heterocycles. The Bertz CT molecular complexity index is 650. The summed E-state index contributed by atoms with van der Waals surface area (Å²) in [5.41, 5.74) is 1.12. The molecule has 2 aromatic rings. The van der Waals surface area contributed by atoms with Crippen molar-refractivity contribution < 1.29 is 13.6 Å². The summed E-state index contributed by atoms with van der Waals surface area (Å²) in [5, 5.41) is 6.04. The van der Waals surface area contributed by atoms with Crippen molar-refractivity contribution in [3.63, 3.8) is 0 Å². The van der Waals surface area contributed by atoms with E-state index in [1.54, 1.807) is 6.07 Å². The zero-order valence-corrected chi connectivity index (χ0v) is 12.1. The number of benzene rings is 1. The number of aromatic nitrogens is 1. The zero-order valence-electron chi connectivity index (χ0n) is 12.1. The van der Waals surface area contributed by atoms with E-state index in [9.17, 15) is 9.18 Å². The van der Waals surface area contributed by atoms with Crippen molar-refractivity contribution in [2.45, 2.75) is 25.3 Å². The largest absolute Gasteiger partial charge is 0.446 e. The van der Waals surface area contributed by atoms with Crippen molar-refractivity contribution >= 4 is 5.91 Å². The fourth-order valence-electron chi connectivity index (χ4n) is 2.55. The lowest BCUT2D eigenvalue weighted by molar-refractivity contribution is 0.0949. The molecule has 6 heteroatoms. The summed E-state index contributed by atoms with van der Waals surface area (Å²) in [7, 11) is 0. The van der Waals surface area contributed by atoms with Gasteiger partial charge in [-0.05, 0) is 43.5 Å². The molecule has 1 amide bonds. The molecule has 1 aromatic carbocycles. The normalized spacial score (nSPS) is 17.6. The average molecular weight is 303 g/mol. The molecule has 1 atom stereocenters. The SMILES string of the molecule is O=C(NCCc1cccc(F)c1)c1coc(C2CCCN2)n1. The summed E-state index contributed by atoms with van der Waals surface area (Å²) >= 11 is 0. The number of carbonyl (C=O) groups is 1. The van der Waals surface area contributed by atoms with Crippen molar-refractivity contribution in [2.75, 3.05) is 13.1 Å². The fourth-order valence-corrected chi connectivity index (χ4v) is 2.55. The van der Waals surface area contributed by atoms with Crippen LogP contribution in [0.25, 0.3) is 0 Å². The molecule has 0 saturated carbocycles. The van der Waals surface area contributed by atoms with Gasteiger partial charge in [-0.25, -0.2) is 9.37 Å². The fraction of sp³-hybridized carbons (Fsp3) is 0.375. The van der Waals surface area contributed by atoms with Crippen LogP contribution < -0.4 is 10.6 Å². The highest BCUT2D eigenvalue weighted by Crippen LogP contribution is 2.22. The molecule has 5 nitrogen and oxygen atoms in total. The van der Waals surface area contributed by atoms with Gasteiger partial charge in [0.1, 0.15) is 12.1 Å². The smallest absolute Gasteiger partial charge is 0.273 e. The lowest BCUT2D eigenvalue weighted by Gasteiger charge is -2.04. The van der Waals surface area contributed by atoms with Crippen molar-refractivity contribution in [1.82, 2.24) is 15.6 Å². The Morgan fingerprint density at radius 1 is 1.50 bits per heavy atom. The minimum atomic E-state index is -0.274. The van der Waals surface area contributed by atoms with Crippen LogP contribution in [0.15, 0.2) is 34.9 Å². The Hall–Kier alpha value is -2.21. The summed E-state index contributed by atoms with van der Waals surface area (Å²) in [6.07, 6.45) is 4.01. The Morgan fingerprint density at radius 3 is 3.18 bits per heavy atom. The second-order valence-electron chi connectivity index (χ2n) is 5.36. The molecule has 0 aliphatic carbocycles. The van der Waals surface area contributed by atoms with E-state index in [0.29, 0.717) is 18.9 Å². The molecule has 1 unspecified atom stereocenters. The molecule has 3 rings (SSSR count). The van der Waals surface area contributed by atoms with E-state index in [2.05, 4.69) is 15.6 Å². The molecule has 0 radical (unpaired) electrons. The first kappa shape index (κ1) is 14.7. The van der Waals surface area contributed by atoms with E-state index < -0.39 is 0 Å². The number of rotatable bonds is 5. The van der Waals surface area contributed by atoms with Gasteiger partial charge in [0.2, 0.25) is 5.89 Å². The van der Waals surface area contributed by atoms with Crippen molar-refractivity contribution in [2.24, 2.45) is 0 Å². The second kappa shape index (κ2) is 6.70. The summed E-state index contributed by atoms with van der Waals surface area (Å²) in [6.45, 7) is 1.37. The van der Waals surface area contributed by atoms with Crippen molar-refractivity contribution in [3.05, 3.63) is 53.5 Å². The van der Waals surface area contributed by atoms with Gasteiger partial charge in [-0.3, -0.25) is 4.79 Å². The van der Waals surface area contributed by atoms with Crippen LogP contribution in [-0.4, -0.2) is 24.0 Å². The lowest BCUT2D eigenvalue weighted by Crippen LogP contribution is -2.26. The maximum Gasteiger partial charge on any atom is 0.273 e. The highest BCUT2D eigenvalue weighted by molar-refractivity contribution is 5.91. The Kier molecular flexibility index (Phi) is 4.48. The first-order chi connectivity index (χ1) is 10.7. The van der Waals surface area contributed by atoms with Crippen LogP contribution in [0, 0.1) is 5.82 Å². The third-order valence-electron chi connectivity index (χ3n) is 3.70. The van der Waals surface area contributed by atoms with Crippen LogP contribution >= 0.6 is 0 Å². The first-order valence-corrected chi connectivity index (χ1v) is 7.44. The van der Waals surface area contributed by atoms with E-state index >= 15 is 0 Å². The average Bonchev–Trinajstić information content (AvgIpc) is 3.18. The third-order valence-corrected chi connectivity index (χ3v) is 3.70. The molecule has 1 aliphatic rings. The van der Waals surface area contributed by atoms with Gasteiger partial charge in [-0.2, -0.15) is 0 Å². The van der Waals surface area contributed by atoms with Gasteiger partial charge in [0, 0.05) is 6.54 Å². The van der Waals surface area contributed by atoms with E-state index in [1.165, 1.54) is 18.4 Å². The molecule has 2 heterocycles. The number of amides is 1. The Balaban J connectivity index is 1.51. The molecule has 1 aliphatic heterocycles. The lowest BCUT2D eigenvalue weighted by atomic mass is 10.1. The van der Waals surface area contributed by atoms with Gasteiger partial charge in [-0.1, -0.05) is 12.1 Å². The van der Waals surface area contributed by atoms with Gasteiger partial charge in [0.05, 0.1) is 6.04 Å². The first-order valence-electron chi connectivity index (χ1n) is 7.44. The maximum atomic E-state index is 13.1. The number of carbonyl (C=O) groups excluding carboxylic acids is 1. The Morgan fingerprint density at radius 2 is 2.41 bits per heavy atom.